The number of benzene rings is 1. The van der Waals surface area contributed by atoms with E-state index in [4.69, 9.17) is 10.5 Å². The third-order valence-electron chi connectivity index (χ3n) is 3.07. The Bertz CT molecular complexity index is 797. The molecule has 0 amide bonds. The zero-order chi connectivity index (χ0) is 16.1. The fraction of sp³-hybridized carbons (Fsp3) is 0.250. The molecule has 1 aromatic carbocycles. The predicted molar refractivity (Wildman–Crippen MR) is 90.5 cm³/mol. The van der Waals surface area contributed by atoms with E-state index in [1.807, 2.05) is 30.3 Å². The highest BCUT2D eigenvalue weighted by Gasteiger charge is 2.12. The van der Waals surface area contributed by atoms with E-state index in [1.165, 1.54) is 11.8 Å². The van der Waals surface area contributed by atoms with Gasteiger partial charge in [0.05, 0.1) is 12.8 Å². The van der Waals surface area contributed by atoms with E-state index < -0.39 is 0 Å². The Balaban J connectivity index is 1.93. The highest BCUT2D eigenvalue weighted by atomic mass is 32.2. The van der Waals surface area contributed by atoms with Crippen LogP contribution < -0.4 is 10.5 Å². The van der Waals surface area contributed by atoms with Crippen LogP contribution in [0.3, 0.4) is 0 Å². The molecule has 3 rings (SSSR count). The van der Waals surface area contributed by atoms with Crippen molar-refractivity contribution in [1.29, 1.82) is 0 Å². The van der Waals surface area contributed by atoms with Gasteiger partial charge in [0.1, 0.15) is 5.03 Å². The van der Waals surface area contributed by atoms with Gasteiger partial charge in [-0.05, 0) is 18.6 Å². The van der Waals surface area contributed by atoms with Crippen LogP contribution in [0.5, 0.6) is 5.88 Å². The molecule has 0 atom stereocenters. The van der Waals surface area contributed by atoms with Gasteiger partial charge in [0.2, 0.25) is 11.8 Å². The predicted octanol–water partition coefficient (Wildman–Crippen LogP) is 3.33. The average molecular weight is 327 g/mol. The summed E-state index contributed by atoms with van der Waals surface area (Å²) in [6.07, 6.45) is 3.67. The molecule has 0 bridgehead atoms. The Kier molecular flexibility index (Phi) is 4.87. The van der Waals surface area contributed by atoms with Gasteiger partial charge >= 0.3 is 0 Å². The van der Waals surface area contributed by atoms with E-state index in [-0.39, 0.29) is 5.95 Å². The quantitative estimate of drug-likeness (QED) is 0.695. The Labute approximate surface area is 138 Å². The molecule has 0 saturated carbocycles. The van der Waals surface area contributed by atoms with Crippen LogP contribution >= 0.6 is 11.8 Å². The third kappa shape index (κ3) is 3.87. The van der Waals surface area contributed by atoms with Crippen LogP contribution in [0.2, 0.25) is 0 Å². The number of nitrogens with two attached hydrogens (primary N) is 1. The van der Waals surface area contributed by atoms with Crippen molar-refractivity contribution >= 4 is 28.9 Å². The van der Waals surface area contributed by atoms with Crippen LogP contribution in [0.1, 0.15) is 19.8 Å². The Hall–Kier alpha value is -2.41. The van der Waals surface area contributed by atoms with Crippen LogP contribution in [0.4, 0.5) is 5.95 Å². The monoisotopic (exact) mass is 327 g/mol. The lowest BCUT2D eigenvalue weighted by Crippen LogP contribution is -2.05. The summed E-state index contributed by atoms with van der Waals surface area (Å²) < 4.78 is 5.70. The molecule has 0 aliphatic heterocycles. The summed E-state index contributed by atoms with van der Waals surface area (Å²) >= 11 is 1.53. The Morgan fingerprint density at radius 3 is 2.74 bits per heavy atom. The molecular formula is C16H17N5OS. The molecular weight excluding hydrogens is 310 g/mol. The molecule has 3 aromatic rings. The lowest BCUT2D eigenvalue weighted by molar-refractivity contribution is 0.301. The molecule has 2 aromatic heterocycles. The topological polar surface area (TPSA) is 86.8 Å². The minimum atomic E-state index is 0.141. The van der Waals surface area contributed by atoms with Gasteiger partial charge in [0.25, 0.3) is 0 Å². The first-order valence-corrected chi connectivity index (χ1v) is 8.24. The van der Waals surface area contributed by atoms with Gasteiger partial charge in [-0.1, -0.05) is 43.3 Å². The molecule has 0 radical (unpaired) electrons. The first-order chi connectivity index (χ1) is 11.3. The average Bonchev–Trinajstić information content (AvgIpc) is 2.56. The van der Waals surface area contributed by atoms with Gasteiger partial charge in [-0.3, -0.25) is 0 Å². The first kappa shape index (κ1) is 15.5. The summed E-state index contributed by atoms with van der Waals surface area (Å²) in [4.78, 5) is 18.3. The molecule has 0 aliphatic carbocycles. The minimum absolute atomic E-state index is 0.141. The maximum atomic E-state index is 5.72. The fourth-order valence-corrected chi connectivity index (χ4v) is 2.73. The normalized spacial score (nSPS) is 10.8. The lowest BCUT2D eigenvalue weighted by atomic mass is 10.4. The molecule has 23 heavy (non-hydrogen) atoms. The second-order valence-corrected chi connectivity index (χ2v) is 5.98. The van der Waals surface area contributed by atoms with Crippen molar-refractivity contribution in [3.63, 3.8) is 0 Å². The summed E-state index contributed by atoms with van der Waals surface area (Å²) in [6.45, 7) is 2.67. The maximum Gasteiger partial charge on any atom is 0.247 e. The zero-order valence-corrected chi connectivity index (χ0v) is 13.6. The number of nitrogens with zero attached hydrogens (tertiary/aromatic N) is 4. The van der Waals surface area contributed by atoms with Crippen LogP contribution in [0.25, 0.3) is 11.2 Å². The number of unbranched alkanes of at least 4 members (excludes halogenated alkanes) is 1. The number of aromatic nitrogens is 4. The molecule has 0 saturated heterocycles. The molecule has 118 valence electrons. The Morgan fingerprint density at radius 2 is 1.96 bits per heavy atom. The molecule has 6 nitrogen and oxygen atoms in total. The lowest BCUT2D eigenvalue weighted by Gasteiger charge is -2.08. The smallest absolute Gasteiger partial charge is 0.247 e. The standard InChI is InChI=1S/C16H17N5OS/c1-2-3-9-22-15-13-14(20-16(17)21-15)18-10-12(19-13)23-11-7-5-4-6-8-11/h4-8,10H,2-3,9H2,1H3,(H2,17,18,20,21). The third-order valence-corrected chi connectivity index (χ3v) is 3.99. The number of anilines is 1. The van der Waals surface area contributed by atoms with E-state index in [1.54, 1.807) is 6.20 Å². The summed E-state index contributed by atoms with van der Waals surface area (Å²) in [5, 5.41) is 0.761. The van der Waals surface area contributed by atoms with Gasteiger partial charge < -0.3 is 10.5 Å². The maximum absolute atomic E-state index is 5.72. The summed E-state index contributed by atoms with van der Waals surface area (Å²) in [5.41, 5.74) is 6.70. The number of fused-ring (bicyclic) bond motifs is 1. The van der Waals surface area contributed by atoms with Gasteiger partial charge in [-0.2, -0.15) is 9.97 Å². The minimum Gasteiger partial charge on any atom is -0.476 e. The Morgan fingerprint density at radius 1 is 1.13 bits per heavy atom. The molecule has 0 spiro atoms. The van der Waals surface area contributed by atoms with Gasteiger partial charge in [0.15, 0.2) is 11.2 Å². The molecule has 7 heteroatoms. The molecule has 0 unspecified atom stereocenters. The van der Waals surface area contributed by atoms with Gasteiger partial charge in [-0.25, -0.2) is 9.97 Å². The SMILES string of the molecule is CCCCOc1nc(N)nc2ncc(Sc3ccccc3)nc12. The van der Waals surface area contributed by atoms with Gasteiger partial charge in [-0.15, -0.1) is 0 Å². The summed E-state index contributed by atoms with van der Waals surface area (Å²) in [7, 11) is 0. The fourth-order valence-electron chi connectivity index (χ4n) is 1.95. The number of hydrogen-bond acceptors (Lipinski definition) is 7. The van der Waals surface area contributed by atoms with Crippen molar-refractivity contribution in [1.82, 2.24) is 19.9 Å². The second kappa shape index (κ2) is 7.23. The van der Waals surface area contributed by atoms with Gasteiger partial charge in [0, 0.05) is 4.90 Å². The first-order valence-electron chi connectivity index (χ1n) is 7.42. The highest BCUT2D eigenvalue weighted by molar-refractivity contribution is 7.99. The van der Waals surface area contributed by atoms with Crippen molar-refractivity contribution in [2.75, 3.05) is 12.3 Å². The van der Waals surface area contributed by atoms with E-state index in [0.717, 1.165) is 22.8 Å². The van der Waals surface area contributed by atoms with Crippen molar-refractivity contribution in [2.24, 2.45) is 0 Å². The van der Waals surface area contributed by atoms with Crippen LogP contribution in [-0.4, -0.2) is 26.5 Å². The van der Waals surface area contributed by atoms with E-state index in [2.05, 4.69) is 26.9 Å². The number of ether oxygens (including phenoxy) is 1. The second-order valence-electron chi connectivity index (χ2n) is 4.88. The number of hydrogen-bond donors (Lipinski definition) is 1. The largest absolute Gasteiger partial charge is 0.476 e. The van der Waals surface area contributed by atoms with Crippen LogP contribution in [-0.2, 0) is 0 Å². The van der Waals surface area contributed by atoms with Crippen molar-refractivity contribution in [3.05, 3.63) is 36.5 Å². The van der Waals surface area contributed by atoms with Crippen molar-refractivity contribution in [2.45, 2.75) is 29.7 Å². The summed E-state index contributed by atoms with van der Waals surface area (Å²) in [5.74, 6) is 0.533. The van der Waals surface area contributed by atoms with Crippen LogP contribution in [0.15, 0.2) is 46.5 Å². The van der Waals surface area contributed by atoms with E-state index in [0.29, 0.717) is 23.7 Å². The highest BCUT2D eigenvalue weighted by Crippen LogP contribution is 2.28. The number of rotatable bonds is 6. The molecule has 0 aliphatic rings. The van der Waals surface area contributed by atoms with E-state index >= 15 is 0 Å². The van der Waals surface area contributed by atoms with Crippen molar-refractivity contribution in [3.8, 4) is 5.88 Å². The molecule has 0 fully saturated rings. The summed E-state index contributed by atoms with van der Waals surface area (Å²) in [6, 6.07) is 10.00. The van der Waals surface area contributed by atoms with Crippen molar-refractivity contribution < 1.29 is 4.74 Å². The van der Waals surface area contributed by atoms with E-state index in [9.17, 15) is 0 Å². The van der Waals surface area contributed by atoms with Crippen LogP contribution in [0, 0.1) is 0 Å². The molecule has 2 N–H and O–H groups in total. The molecule has 2 heterocycles. The number of nitrogen functional groups attached to an aromatic ring is 1. The zero-order valence-electron chi connectivity index (χ0n) is 12.8.